The maximum absolute atomic E-state index is 5.95. The number of fused-ring (bicyclic) bond motifs is 1. The van der Waals surface area contributed by atoms with Crippen LogP contribution in [-0.4, -0.2) is 12.8 Å². The molecule has 0 spiro atoms. The molecule has 0 fully saturated rings. The molecule has 0 saturated heterocycles. The number of benzene rings is 1. The van der Waals surface area contributed by atoms with Crippen molar-refractivity contribution in [3.05, 3.63) is 56.2 Å². The van der Waals surface area contributed by atoms with Crippen LogP contribution in [-0.2, 0) is 18.6 Å². The van der Waals surface area contributed by atoms with Gasteiger partial charge in [0.1, 0.15) is 0 Å². The van der Waals surface area contributed by atoms with Gasteiger partial charge >= 0.3 is 0 Å². The van der Waals surface area contributed by atoms with Crippen molar-refractivity contribution in [1.29, 1.82) is 0 Å². The molecule has 2 heterocycles. The van der Waals surface area contributed by atoms with E-state index in [4.69, 9.17) is 11.6 Å². The summed E-state index contributed by atoms with van der Waals surface area (Å²) in [5.74, 6) is 2.46. The molecule has 1 nitrogen and oxygen atoms in total. The number of aryl methyl sites for hydroxylation is 1. The van der Waals surface area contributed by atoms with E-state index in [1.807, 2.05) is 42.3 Å². The van der Waals surface area contributed by atoms with E-state index in [-0.39, 0.29) is 0 Å². The van der Waals surface area contributed by atoms with E-state index in [9.17, 15) is 0 Å². The molecule has 2 aromatic rings. The number of thiophene rings is 1. The first-order valence-corrected chi connectivity index (χ1v) is 9.22. The van der Waals surface area contributed by atoms with Crippen molar-refractivity contribution < 1.29 is 0 Å². The summed E-state index contributed by atoms with van der Waals surface area (Å²) in [6, 6.07) is 11.0. The van der Waals surface area contributed by atoms with Crippen molar-refractivity contribution in [3.8, 4) is 0 Å². The standard InChI is InChI=1S/C16H18ClNS2/c1-18-14(8-11-2-4-13(17)5-3-11)16-9-12-10-19-7-6-15(12)20-16/h2-5,9,14,18H,6-8,10H2,1H3. The zero-order valence-corrected chi connectivity index (χ0v) is 13.9. The fourth-order valence-electron chi connectivity index (χ4n) is 2.54. The van der Waals surface area contributed by atoms with Gasteiger partial charge in [-0.15, -0.1) is 11.3 Å². The third-order valence-corrected chi connectivity index (χ3v) is 6.30. The van der Waals surface area contributed by atoms with Gasteiger partial charge in [-0.3, -0.25) is 0 Å². The summed E-state index contributed by atoms with van der Waals surface area (Å²) in [5.41, 5.74) is 2.88. The Morgan fingerprint density at radius 1 is 1.30 bits per heavy atom. The van der Waals surface area contributed by atoms with Crippen LogP contribution in [0.15, 0.2) is 30.3 Å². The summed E-state index contributed by atoms with van der Waals surface area (Å²) in [7, 11) is 2.05. The van der Waals surface area contributed by atoms with Gasteiger partial charge in [-0.25, -0.2) is 0 Å². The van der Waals surface area contributed by atoms with Crippen LogP contribution in [0.4, 0.5) is 0 Å². The minimum Gasteiger partial charge on any atom is -0.312 e. The first-order chi connectivity index (χ1) is 9.76. The van der Waals surface area contributed by atoms with E-state index in [1.54, 1.807) is 10.4 Å². The molecule has 20 heavy (non-hydrogen) atoms. The Morgan fingerprint density at radius 2 is 2.10 bits per heavy atom. The van der Waals surface area contributed by atoms with Gasteiger partial charge < -0.3 is 5.32 Å². The maximum Gasteiger partial charge on any atom is 0.0453 e. The zero-order chi connectivity index (χ0) is 13.9. The van der Waals surface area contributed by atoms with Gasteiger partial charge in [0.25, 0.3) is 0 Å². The minimum absolute atomic E-state index is 0.400. The highest BCUT2D eigenvalue weighted by Gasteiger charge is 2.18. The number of hydrogen-bond donors (Lipinski definition) is 1. The Kier molecular flexibility index (Phi) is 4.72. The molecule has 1 aliphatic rings. The molecule has 0 aliphatic carbocycles. The van der Waals surface area contributed by atoms with Crippen molar-refractivity contribution in [2.24, 2.45) is 0 Å². The number of hydrogen-bond acceptors (Lipinski definition) is 3. The summed E-state index contributed by atoms with van der Waals surface area (Å²) < 4.78 is 0. The molecule has 106 valence electrons. The van der Waals surface area contributed by atoms with Gasteiger partial charge in [0.05, 0.1) is 0 Å². The lowest BCUT2D eigenvalue weighted by Gasteiger charge is -2.14. The van der Waals surface area contributed by atoms with E-state index in [1.165, 1.54) is 28.4 Å². The lowest BCUT2D eigenvalue weighted by atomic mass is 10.0. The Hall–Kier alpha value is -0.480. The average molecular weight is 324 g/mol. The molecule has 0 saturated carbocycles. The first kappa shape index (κ1) is 14.5. The lowest BCUT2D eigenvalue weighted by molar-refractivity contribution is 0.602. The maximum atomic E-state index is 5.95. The molecule has 1 aromatic carbocycles. The SMILES string of the molecule is CNC(Cc1ccc(Cl)cc1)c1cc2c(s1)CCSC2. The van der Waals surface area contributed by atoms with E-state index in [2.05, 4.69) is 23.5 Å². The monoisotopic (exact) mass is 323 g/mol. The lowest BCUT2D eigenvalue weighted by Crippen LogP contribution is -2.17. The third-order valence-electron chi connectivity index (χ3n) is 3.69. The van der Waals surface area contributed by atoms with Gasteiger partial charge in [-0.1, -0.05) is 23.7 Å². The molecule has 1 N–H and O–H groups in total. The normalized spacial score (nSPS) is 15.9. The molecule has 1 atom stereocenters. The molecule has 1 unspecified atom stereocenters. The highest BCUT2D eigenvalue weighted by atomic mass is 35.5. The fourth-order valence-corrected chi connectivity index (χ4v) is 5.16. The van der Waals surface area contributed by atoms with Crippen LogP contribution in [0.25, 0.3) is 0 Å². The number of rotatable bonds is 4. The number of thioether (sulfide) groups is 1. The first-order valence-electron chi connectivity index (χ1n) is 6.87. The predicted octanol–water partition coefficient (Wildman–Crippen LogP) is 4.69. The van der Waals surface area contributed by atoms with E-state index >= 15 is 0 Å². The fraction of sp³-hybridized carbons (Fsp3) is 0.375. The number of nitrogens with one attached hydrogen (secondary N) is 1. The van der Waals surface area contributed by atoms with Crippen LogP contribution in [0.1, 0.15) is 26.9 Å². The van der Waals surface area contributed by atoms with Gasteiger partial charge in [-0.2, -0.15) is 11.8 Å². The molecule has 0 amide bonds. The topological polar surface area (TPSA) is 12.0 Å². The Bertz CT molecular complexity index is 553. The quantitative estimate of drug-likeness (QED) is 0.875. The van der Waals surface area contributed by atoms with Crippen LogP contribution >= 0.6 is 34.7 Å². The molecule has 1 aromatic heterocycles. The average Bonchev–Trinajstić information content (AvgIpc) is 2.90. The smallest absolute Gasteiger partial charge is 0.0453 e. The van der Waals surface area contributed by atoms with E-state index in [0.717, 1.165) is 11.4 Å². The molecule has 4 heteroatoms. The Morgan fingerprint density at radius 3 is 2.80 bits per heavy atom. The highest BCUT2D eigenvalue weighted by Crippen LogP contribution is 2.35. The van der Waals surface area contributed by atoms with Crippen molar-refractivity contribution in [3.63, 3.8) is 0 Å². The third kappa shape index (κ3) is 3.22. The summed E-state index contributed by atoms with van der Waals surface area (Å²) in [4.78, 5) is 3.06. The summed E-state index contributed by atoms with van der Waals surface area (Å²) in [6.45, 7) is 0. The Labute approximate surface area is 133 Å². The van der Waals surface area contributed by atoms with Crippen LogP contribution < -0.4 is 5.32 Å². The van der Waals surface area contributed by atoms with Gasteiger partial charge in [-0.05, 0) is 55.0 Å². The van der Waals surface area contributed by atoms with Crippen molar-refractivity contribution in [1.82, 2.24) is 5.32 Å². The molecular formula is C16H18ClNS2. The highest BCUT2D eigenvalue weighted by molar-refractivity contribution is 7.98. The van der Waals surface area contributed by atoms with Gasteiger partial charge in [0.15, 0.2) is 0 Å². The van der Waals surface area contributed by atoms with Crippen LogP contribution in [0.3, 0.4) is 0 Å². The second-order valence-corrected chi connectivity index (χ2v) is 7.78. The number of halogens is 1. The van der Waals surface area contributed by atoms with Crippen molar-refractivity contribution in [2.45, 2.75) is 24.6 Å². The van der Waals surface area contributed by atoms with Crippen LogP contribution in [0.2, 0.25) is 5.02 Å². The van der Waals surface area contributed by atoms with E-state index < -0.39 is 0 Å². The van der Waals surface area contributed by atoms with Crippen molar-refractivity contribution in [2.75, 3.05) is 12.8 Å². The Balaban J connectivity index is 1.79. The summed E-state index contributed by atoms with van der Waals surface area (Å²) in [6.07, 6.45) is 2.25. The molecule has 1 aliphatic heterocycles. The molecule has 0 bridgehead atoms. The van der Waals surface area contributed by atoms with Crippen LogP contribution in [0.5, 0.6) is 0 Å². The van der Waals surface area contributed by atoms with Crippen molar-refractivity contribution >= 4 is 34.7 Å². The predicted molar refractivity (Wildman–Crippen MR) is 91.1 cm³/mol. The second-order valence-electron chi connectivity index (χ2n) is 5.07. The van der Waals surface area contributed by atoms with E-state index in [0.29, 0.717) is 6.04 Å². The molecule has 3 rings (SSSR count). The zero-order valence-electron chi connectivity index (χ0n) is 11.5. The molecule has 0 radical (unpaired) electrons. The van der Waals surface area contributed by atoms with Gasteiger partial charge in [0, 0.05) is 26.6 Å². The van der Waals surface area contributed by atoms with Gasteiger partial charge in [0.2, 0.25) is 0 Å². The summed E-state index contributed by atoms with van der Waals surface area (Å²) in [5, 5.41) is 4.27. The largest absolute Gasteiger partial charge is 0.312 e. The summed E-state index contributed by atoms with van der Waals surface area (Å²) >= 11 is 9.99. The van der Waals surface area contributed by atoms with Crippen LogP contribution in [0, 0.1) is 0 Å². The molecular weight excluding hydrogens is 306 g/mol. The minimum atomic E-state index is 0.400. The second kappa shape index (κ2) is 6.52. The number of likely N-dealkylation sites (N-methyl/N-ethyl adjacent to an activating group) is 1.